The van der Waals surface area contributed by atoms with Gasteiger partial charge in [-0.3, -0.25) is 0 Å². The molecular formula is C15H17N3OS. The molecule has 2 aromatic heterocycles. The molecule has 20 heavy (non-hydrogen) atoms. The highest BCUT2D eigenvalue weighted by atomic mass is 32.1. The summed E-state index contributed by atoms with van der Waals surface area (Å²) in [6.45, 7) is 4.84. The van der Waals surface area contributed by atoms with Crippen LogP contribution >= 0.6 is 11.3 Å². The SMILES string of the molecule is CCc1nc([C@@H](C)NCc2nc3ccccc3o2)cs1. The van der Waals surface area contributed by atoms with Crippen molar-refractivity contribution in [2.45, 2.75) is 32.9 Å². The highest BCUT2D eigenvalue weighted by Crippen LogP contribution is 2.18. The monoisotopic (exact) mass is 287 g/mol. The summed E-state index contributed by atoms with van der Waals surface area (Å²) < 4.78 is 5.69. The van der Waals surface area contributed by atoms with Crippen LogP contribution in [-0.2, 0) is 13.0 Å². The average molecular weight is 287 g/mol. The highest BCUT2D eigenvalue weighted by Gasteiger charge is 2.11. The number of benzene rings is 1. The van der Waals surface area contributed by atoms with Crippen LogP contribution in [0, 0.1) is 0 Å². The van der Waals surface area contributed by atoms with Crippen LogP contribution in [0.1, 0.15) is 36.5 Å². The molecule has 2 heterocycles. The standard InChI is InChI=1S/C15H17N3OS/c1-3-15-18-12(9-20-15)10(2)16-8-14-17-11-6-4-5-7-13(11)19-14/h4-7,9-10,16H,3,8H2,1-2H3/t10-/m1/s1. The van der Waals surface area contributed by atoms with Crippen LogP contribution in [0.4, 0.5) is 0 Å². The van der Waals surface area contributed by atoms with E-state index in [0.717, 1.165) is 23.2 Å². The fourth-order valence-corrected chi connectivity index (χ4v) is 2.87. The van der Waals surface area contributed by atoms with Crippen LogP contribution in [0.2, 0.25) is 0 Å². The molecule has 0 unspecified atom stereocenters. The Kier molecular flexibility index (Phi) is 3.80. The minimum Gasteiger partial charge on any atom is -0.439 e. The number of para-hydroxylation sites is 2. The number of thiazole rings is 1. The third-order valence-corrected chi connectivity index (χ3v) is 4.22. The maximum Gasteiger partial charge on any atom is 0.209 e. The van der Waals surface area contributed by atoms with Gasteiger partial charge in [-0.2, -0.15) is 0 Å². The van der Waals surface area contributed by atoms with E-state index in [1.54, 1.807) is 11.3 Å². The van der Waals surface area contributed by atoms with Crippen LogP contribution < -0.4 is 5.32 Å². The second-order valence-corrected chi connectivity index (χ2v) is 5.64. The van der Waals surface area contributed by atoms with E-state index in [1.807, 2.05) is 24.3 Å². The van der Waals surface area contributed by atoms with Crippen LogP contribution in [0.5, 0.6) is 0 Å². The summed E-state index contributed by atoms with van der Waals surface area (Å²) in [5, 5.41) is 6.69. The highest BCUT2D eigenvalue weighted by molar-refractivity contribution is 7.09. The molecule has 3 rings (SSSR count). The first-order valence-electron chi connectivity index (χ1n) is 6.78. The first kappa shape index (κ1) is 13.3. The van der Waals surface area contributed by atoms with Gasteiger partial charge in [-0.25, -0.2) is 9.97 Å². The second-order valence-electron chi connectivity index (χ2n) is 4.70. The van der Waals surface area contributed by atoms with E-state index in [1.165, 1.54) is 5.01 Å². The molecule has 4 nitrogen and oxygen atoms in total. The van der Waals surface area contributed by atoms with Crippen molar-refractivity contribution in [2.75, 3.05) is 0 Å². The number of aryl methyl sites for hydroxylation is 1. The summed E-state index contributed by atoms with van der Waals surface area (Å²) in [6.07, 6.45) is 0.989. The Morgan fingerprint density at radius 1 is 1.30 bits per heavy atom. The van der Waals surface area contributed by atoms with Gasteiger partial charge in [0, 0.05) is 11.4 Å². The summed E-state index contributed by atoms with van der Waals surface area (Å²) in [4.78, 5) is 9.04. The minimum absolute atomic E-state index is 0.196. The largest absolute Gasteiger partial charge is 0.439 e. The number of hydrogen-bond acceptors (Lipinski definition) is 5. The van der Waals surface area contributed by atoms with Gasteiger partial charge in [0.15, 0.2) is 5.58 Å². The quantitative estimate of drug-likeness (QED) is 0.777. The van der Waals surface area contributed by atoms with E-state index in [4.69, 9.17) is 4.42 Å². The molecule has 0 saturated heterocycles. The summed E-state index contributed by atoms with van der Waals surface area (Å²) in [6, 6.07) is 8.01. The van der Waals surface area contributed by atoms with Gasteiger partial charge >= 0.3 is 0 Å². The van der Waals surface area contributed by atoms with Crippen molar-refractivity contribution in [3.05, 3.63) is 46.2 Å². The van der Waals surface area contributed by atoms with E-state index >= 15 is 0 Å². The van der Waals surface area contributed by atoms with Crippen LogP contribution in [-0.4, -0.2) is 9.97 Å². The first-order chi connectivity index (χ1) is 9.76. The average Bonchev–Trinajstić information content (AvgIpc) is 3.10. The molecule has 0 saturated carbocycles. The summed E-state index contributed by atoms with van der Waals surface area (Å²) in [7, 11) is 0. The lowest BCUT2D eigenvalue weighted by molar-refractivity contribution is 0.464. The molecule has 0 aliphatic rings. The lowest BCUT2D eigenvalue weighted by atomic mass is 10.2. The topological polar surface area (TPSA) is 51.0 Å². The van der Waals surface area contributed by atoms with Gasteiger partial charge < -0.3 is 9.73 Å². The Morgan fingerprint density at radius 2 is 2.15 bits per heavy atom. The molecule has 0 amide bonds. The minimum atomic E-state index is 0.196. The van der Waals surface area contributed by atoms with Crippen molar-refractivity contribution in [1.29, 1.82) is 0 Å². The Labute approximate surface area is 121 Å². The molecule has 1 atom stereocenters. The molecule has 0 fully saturated rings. The molecule has 0 spiro atoms. The van der Waals surface area contributed by atoms with E-state index in [0.29, 0.717) is 12.4 Å². The lowest BCUT2D eigenvalue weighted by Crippen LogP contribution is -2.18. The number of hydrogen-bond donors (Lipinski definition) is 1. The van der Waals surface area contributed by atoms with Crippen LogP contribution in [0.3, 0.4) is 0 Å². The maximum absolute atomic E-state index is 5.69. The van der Waals surface area contributed by atoms with Gasteiger partial charge in [0.2, 0.25) is 5.89 Å². The van der Waals surface area contributed by atoms with Crippen molar-refractivity contribution in [2.24, 2.45) is 0 Å². The molecule has 3 aromatic rings. The van der Waals surface area contributed by atoms with E-state index in [2.05, 4.69) is 34.5 Å². The van der Waals surface area contributed by atoms with Crippen molar-refractivity contribution >= 4 is 22.4 Å². The molecular weight excluding hydrogens is 270 g/mol. The Hall–Kier alpha value is -1.72. The predicted octanol–water partition coefficient (Wildman–Crippen LogP) is 3.70. The maximum atomic E-state index is 5.69. The second kappa shape index (κ2) is 5.73. The van der Waals surface area contributed by atoms with Crippen LogP contribution in [0.25, 0.3) is 11.1 Å². The lowest BCUT2D eigenvalue weighted by Gasteiger charge is -2.09. The molecule has 0 aliphatic heterocycles. The zero-order valence-corrected chi connectivity index (χ0v) is 12.4. The summed E-state index contributed by atoms with van der Waals surface area (Å²) >= 11 is 1.71. The van der Waals surface area contributed by atoms with Gasteiger partial charge in [0.25, 0.3) is 0 Å². The molecule has 1 aromatic carbocycles. The molecule has 1 N–H and O–H groups in total. The zero-order valence-electron chi connectivity index (χ0n) is 11.6. The molecule has 0 bridgehead atoms. The van der Waals surface area contributed by atoms with E-state index in [9.17, 15) is 0 Å². The summed E-state index contributed by atoms with van der Waals surface area (Å²) in [5.41, 5.74) is 2.82. The van der Waals surface area contributed by atoms with Crippen LogP contribution in [0.15, 0.2) is 34.1 Å². The molecule has 104 valence electrons. The van der Waals surface area contributed by atoms with Gasteiger partial charge in [-0.1, -0.05) is 19.1 Å². The number of nitrogens with zero attached hydrogens (tertiary/aromatic N) is 2. The van der Waals surface area contributed by atoms with Crippen molar-refractivity contribution < 1.29 is 4.42 Å². The van der Waals surface area contributed by atoms with E-state index in [-0.39, 0.29) is 6.04 Å². The normalized spacial score (nSPS) is 12.9. The summed E-state index contributed by atoms with van der Waals surface area (Å²) in [5.74, 6) is 0.712. The predicted molar refractivity (Wildman–Crippen MR) is 80.8 cm³/mol. The van der Waals surface area contributed by atoms with E-state index < -0.39 is 0 Å². The number of fused-ring (bicyclic) bond motifs is 1. The Bertz CT molecular complexity index is 671. The van der Waals surface area contributed by atoms with Gasteiger partial charge in [0.1, 0.15) is 5.52 Å². The van der Waals surface area contributed by atoms with Crippen molar-refractivity contribution in [3.8, 4) is 0 Å². The molecule has 5 heteroatoms. The molecule has 0 radical (unpaired) electrons. The fraction of sp³-hybridized carbons (Fsp3) is 0.333. The number of oxazole rings is 1. The number of aromatic nitrogens is 2. The third kappa shape index (κ3) is 2.73. The Morgan fingerprint density at radius 3 is 2.90 bits per heavy atom. The van der Waals surface area contributed by atoms with Crippen molar-refractivity contribution in [1.82, 2.24) is 15.3 Å². The first-order valence-corrected chi connectivity index (χ1v) is 7.66. The zero-order chi connectivity index (χ0) is 13.9. The molecule has 0 aliphatic carbocycles. The van der Waals surface area contributed by atoms with Crippen molar-refractivity contribution in [3.63, 3.8) is 0 Å². The smallest absolute Gasteiger partial charge is 0.209 e. The van der Waals surface area contributed by atoms with Gasteiger partial charge in [-0.15, -0.1) is 11.3 Å². The number of rotatable bonds is 5. The Balaban J connectivity index is 1.66. The third-order valence-electron chi connectivity index (χ3n) is 3.21. The van der Waals surface area contributed by atoms with Gasteiger partial charge in [-0.05, 0) is 25.5 Å². The van der Waals surface area contributed by atoms with Gasteiger partial charge in [0.05, 0.1) is 17.2 Å². The fourth-order valence-electron chi connectivity index (χ4n) is 2.03. The number of nitrogens with one attached hydrogen (secondary N) is 1.